The summed E-state index contributed by atoms with van der Waals surface area (Å²) in [5.74, 6) is -0.631. The van der Waals surface area contributed by atoms with Crippen molar-refractivity contribution in [3.63, 3.8) is 0 Å². The van der Waals surface area contributed by atoms with E-state index in [4.69, 9.17) is 10.00 Å². The maximum absolute atomic E-state index is 13.1. The fourth-order valence-electron chi connectivity index (χ4n) is 3.44. The van der Waals surface area contributed by atoms with E-state index in [1.807, 2.05) is 45.0 Å². The van der Waals surface area contributed by atoms with Gasteiger partial charge >= 0.3 is 0 Å². The van der Waals surface area contributed by atoms with Crippen molar-refractivity contribution >= 4 is 15.6 Å². The average molecular weight is 473 g/mol. The SMILES string of the molecule is CC(C)(C)CC(=O)CS(=O)(=O)c1cc(C#N)ccc1Oc1cccc(-c2ccc(C#N)cc2)c1. The van der Waals surface area contributed by atoms with E-state index in [9.17, 15) is 18.5 Å². The minimum absolute atomic E-state index is 0.0412. The molecule has 3 rings (SSSR count). The van der Waals surface area contributed by atoms with Crippen molar-refractivity contribution in [3.8, 4) is 34.8 Å². The first-order valence-corrected chi connectivity index (χ1v) is 12.2. The summed E-state index contributed by atoms with van der Waals surface area (Å²) in [6.07, 6.45) is 0.118. The van der Waals surface area contributed by atoms with Crippen LogP contribution < -0.4 is 4.74 Å². The van der Waals surface area contributed by atoms with Crippen LogP contribution in [-0.4, -0.2) is 20.0 Å². The highest BCUT2D eigenvalue weighted by molar-refractivity contribution is 7.92. The number of ketones is 1. The van der Waals surface area contributed by atoms with E-state index >= 15 is 0 Å². The van der Waals surface area contributed by atoms with Crippen LogP contribution in [0.25, 0.3) is 11.1 Å². The Kier molecular flexibility index (Phi) is 7.20. The molecule has 0 saturated carbocycles. The number of nitriles is 2. The van der Waals surface area contributed by atoms with Crippen LogP contribution >= 0.6 is 0 Å². The third kappa shape index (κ3) is 6.31. The second-order valence-electron chi connectivity index (χ2n) is 9.13. The number of carbonyl (C=O) groups excluding carboxylic acids is 1. The molecule has 7 heteroatoms. The maximum Gasteiger partial charge on any atom is 0.189 e. The van der Waals surface area contributed by atoms with Crippen LogP contribution in [0.5, 0.6) is 11.5 Å². The first-order valence-electron chi connectivity index (χ1n) is 10.6. The van der Waals surface area contributed by atoms with Gasteiger partial charge in [0.25, 0.3) is 0 Å². The maximum atomic E-state index is 13.1. The Hall–Kier alpha value is -3.94. The number of sulfone groups is 1. The normalized spacial score (nSPS) is 11.3. The lowest BCUT2D eigenvalue weighted by Crippen LogP contribution is -2.21. The molecule has 0 atom stereocenters. The van der Waals surface area contributed by atoms with Gasteiger partial charge < -0.3 is 4.74 Å². The third-order valence-electron chi connectivity index (χ3n) is 4.90. The number of Topliss-reactive ketones (excluding diaryl/α,β-unsaturated/α-hetero) is 1. The summed E-state index contributed by atoms with van der Waals surface area (Å²) in [6.45, 7) is 5.59. The Morgan fingerprint density at radius 2 is 1.53 bits per heavy atom. The Balaban J connectivity index is 1.95. The van der Waals surface area contributed by atoms with Crippen molar-refractivity contribution in [2.45, 2.75) is 32.1 Å². The number of hydrogen-bond donors (Lipinski definition) is 0. The molecule has 0 radical (unpaired) electrons. The third-order valence-corrected chi connectivity index (χ3v) is 6.59. The molecule has 3 aromatic carbocycles. The monoisotopic (exact) mass is 472 g/mol. The lowest BCUT2D eigenvalue weighted by Gasteiger charge is -2.17. The summed E-state index contributed by atoms with van der Waals surface area (Å²) in [7, 11) is -4.04. The highest BCUT2D eigenvalue weighted by Crippen LogP contribution is 2.33. The number of carbonyl (C=O) groups is 1. The van der Waals surface area contributed by atoms with Gasteiger partial charge in [-0.3, -0.25) is 4.79 Å². The minimum atomic E-state index is -4.04. The van der Waals surface area contributed by atoms with E-state index in [1.165, 1.54) is 18.2 Å². The predicted octanol–water partition coefficient (Wildman–Crippen LogP) is 5.67. The lowest BCUT2D eigenvalue weighted by atomic mass is 9.90. The van der Waals surface area contributed by atoms with Crippen LogP contribution in [0.3, 0.4) is 0 Å². The second kappa shape index (κ2) is 9.91. The Morgan fingerprint density at radius 3 is 2.15 bits per heavy atom. The molecule has 0 N–H and O–H groups in total. The first-order chi connectivity index (χ1) is 16.0. The minimum Gasteiger partial charge on any atom is -0.456 e. The van der Waals surface area contributed by atoms with Crippen molar-refractivity contribution in [2.24, 2.45) is 5.41 Å². The molecule has 0 saturated heterocycles. The van der Waals surface area contributed by atoms with E-state index in [0.29, 0.717) is 11.3 Å². The summed E-state index contributed by atoms with van der Waals surface area (Å²) in [6, 6.07) is 22.3. The van der Waals surface area contributed by atoms with Gasteiger partial charge in [0.1, 0.15) is 27.9 Å². The molecule has 0 amide bonds. The van der Waals surface area contributed by atoms with Crippen molar-refractivity contribution in [1.29, 1.82) is 10.5 Å². The molecule has 0 aliphatic heterocycles. The van der Waals surface area contributed by atoms with Gasteiger partial charge in [0.15, 0.2) is 9.84 Å². The number of ether oxygens (including phenoxy) is 1. The predicted molar refractivity (Wildman–Crippen MR) is 129 cm³/mol. The molecule has 6 nitrogen and oxygen atoms in total. The van der Waals surface area contributed by atoms with Crippen molar-refractivity contribution in [2.75, 3.05) is 5.75 Å². The van der Waals surface area contributed by atoms with E-state index < -0.39 is 21.4 Å². The van der Waals surface area contributed by atoms with Crippen LogP contribution in [-0.2, 0) is 14.6 Å². The summed E-state index contributed by atoms with van der Waals surface area (Å²) >= 11 is 0. The van der Waals surface area contributed by atoms with E-state index in [0.717, 1.165) is 11.1 Å². The van der Waals surface area contributed by atoms with Gasteiger partial charge in [-0.15, -0.1) is 0 Å². The molecule has 0 fully saturated rings. The van der Waals surface area contributed by atoms with E-state index in [1.54, 1.807) is 30.3 Å². The zero-order valence-electron chi connectivity index (χ0n) is 19.2. The molecule has 0 aliphatic carbocycles. The van der Waals surface area contributed by atoms with Crippen LogP contribution in [0.4, 0.5) is 0 Å². The van der Waals surface area contributed by atoms with Crippen molar-refractivity contribution in [3.05, 3.63) is 77.9 Å². The molecule has 3 aromatic rings. The van der Waals surface area contributed by atoms with Gasteiger partial charge in [-0.2, -0.15) is 10.5 Å². The van der Waals surface area contributed by atoms with Gasteiger partial charge in [-0.05, 0) is 59.0 Å². The van der Waals surface area contributed by atoms with E-state index in [-0.39, 0.29) is 28.0 Å². The molecular weight excluding hydrogens is 448 g/mol. The Bertz CT molecular complexity index is 1400. The number of hydrogen-bond acceptors (Lipinski definition) is 6. The van der Waals surface area contributed by atoms with Gasteiger partial charge in [-0.1, -0.05) is 45.0 Å². The standard InChI is InChI=1S/C27H24N2O4S/c1-27(2,3)15-23(30)18-34(31,32)26-13-20(17-29)9-12-25(26)33-24-6-4-5-22(14-24)21-10-7-19(16-28)8-11-21/h4-14H,15,18H2,1-3H3. The van der Waals surface area contributed by atoms with Crippen LogP contribution in [0.2, 0.25) is 0 Å². The second-order valence-corrected chi connectivity index (χ2v) is 11.1. The number of benzene rings is 3. The molecule has 0 aromatic heterocycles. The fraction of sp³-hybridized carbons (Fsp3) is 0.222. The summed E-state index contributed by atoms with van der Waals surface area (Å²) in [5.41, 5.74) is 2.04. The van der Waals surface area contributed by atoms with Crippen molar-refractivity contribution in [1.82, 2.24) is 0 Å². The molecule has 0 bridgehead atoms. The molecular formula is C27H24N2O4S. The highest BCUT2D eigenvalue weighted by Gasteiger charge is 2.27. The molecule has 0 aliphatic rings. The fourth-order valence-corrected chi connectivity index (χ4v) is 4.84. The quantitative estimate of drug-likeness (QED) is 0.438. The zero-order valence-corrected chi connectivity index (χ0v) is 20.0. The average Bonchev–Trinajstić information content (AvgIpc) is 2.78. The number of rotatable bonds is 7. The Morgan fingerprint density at radius 1 is 0.882 bits per heavy atom. The lowest BCUT2D eigenvalue weighted by molar-refractivity contribution is -0.118. The van der Waals surface area contributed by atoms with Crippen LogP contribution in [0, 0.1) is 28.1 Å². The number of nitrogens with zero attached hydrogens (tertiary/aromatic N) is 2. The van der Waals surface area contributed by atoms with Gasteiger partial charge in [-0.25, -0.2) is 8.42 Å². The van der Waals surface area contributed by atoms with Crippen LogP contribution in [0.1, 0.15) is 38.3 Å². The Labute approximate surface area is 200 Å². The molecule has 34 heavy (non-hydrogen) atoms. The molecule has 0 spiro atoms. The topological polar surface area (TPSA) is 108 Å². The molecule has 0 unspecified atom stereocenters. The zero-order chi connectivity index (χ0) is 24.9. The van der Waals surface area contributed by atoms with E-state index in [2.05, 4.69) is 6.07 Å². The molecule has 0 heterocycles. The van der Waals surface area contributed by atoms with Gasteiger partial charge in [0, 0.05) is 6.42 Å². The van der Waals surface area contributed by atoms with Gasteiger partial charge in [0.05, 0.1) is 23.3 Å². The first kappa shape index (κ1) is 24.7. The van der Waals surface area contributed by atoms with Gasteiger partial charge in [0.2, 0.25) is 0 Å². The summed E-state index contributed by atoms with van der Waals surface area (Å²) < 4.78 is 32.2. The summed E-state index contributed by atoms with van der Waals surface area (Å²) in [4.78, 5) is 12.2. The van der Waals surface area contributed by atoms with Crippen LogP contribution in [0.15, 0.2) is 71.6 Å². The highest BCUT2D eigenvalue weighted by atomic mass is 32.2. The largest absolute Gasteiger partial charge is 0.456 e. The summed E-state index contributed by atoms with van der Waals surface area (Å²) in [5, 5.41) is 18.3. The van der Waals surface area contributed by atoms with Crippen molar-refractivity contribution < 1.29 is 17.9 Å². The smallest absolute Gasteiger partial charge is 0.189 e. The molecule has 172 valence electrons.